The van der Waals surface area contributed by atoms with Crippen LogP contribution in [0.1, 0.15) is 5.01 Å². The summed E-state index contributed by atoms with van der Waals surface area (Å²) in [5, 5.41) is 10.1. The van der Waals surface area contributed by atoms with Crippen molar-refractivity contribution in [1.82, 2.24) is 15.1 Å². The lowest BCUT2D eigenvalue weighted by atomic mass is 10.3. The number of hydrogen-bond acceptors (Lipinski definition) is 7. The van der Waals surface area contributed by atoms with E-state index in [-0.39, 0.29) is 12.5 Å². The fourth-order valence-corrected chi connectivity index (χ4v) is 3.37. The van der Waals surface area contributed by atoms with Crippen molar-refractivity contribution < 1.29 is 14.3 Å². The topological polar surface area (TPSA) is 67.8 Å². The zero-order valence-electron chi connectivity index (χ0n) is 14.8. The van der Waals surface area contributed by atoms with E-state index in [0.717, 1.165) is 23.2 Å². The number of aromatic nitrogens is 2. The second kappa shape index (κ2) is 8.66. The number of carbonyl (C=O) groups excluding carboxylic acids is 1. The summed E-state index contributed by atoms with van der Waals surface area (Å²) in [4.78, 5) is 16.4. The fraction of sp³-hybridized carbons (Fsp3) is 0.389. The number of piperazine rings is 1. The minimum Gasteiger partial charge on any atom is -0.486 e. The molecule has 138 valence electrons. The van der Waals surface area contributed by atoms with Crippen LogP contribution in [0.15, 0.2) is 36.9 Å². The Morgan fingerprint density at radius 1 is 1.19 bits per heavy atom. The molecule has 1 aromatic carbocycles. The maximum atomic E-state index is 12.4. The molecule has 1 aliphatic heterocycles. The van der Waals surface area contributed by atoms with Gasteiger partial charge in [0.05, 0.1) is 0 Å². The van der Waals surface area contributed by atoms with Gasteiger partial charge in [0, 0.05) is 26.2 Å². The molecule has 0 spiro atoms. The molecule has 0 radical (unpaired) electrons. The van der Waals surface area contributed by atoms with E-state index in [1.807, 2.05) is 30.0 Å². The van der Waals surface area contributed by atoms with E-state index in [4.69, 9.17) is 9.47 Å². The number of para-hydroxylation sites is 2. The maximum Gasteiger partial charge on any atom is 0.260 e. The molecule has 3 rings (SSSR count). The van der Waals surface area contributed by atoms with Gasteiger partial charge in [-0.3, -0.25) is 4.79 Å². The summed E-state index contributed by atoms with van der Waals surface area (Å²) in [6.07, 6.45) is 1.67. The van der Waals surface area contributed by atoms with Gasteiger partial charge in [-0.05, 0) is 19.1 Å². The minimum atomic E-state index is -0.0309. The molecule has 2 heterocycles. The Labute approximate surface area is 156 Å². The zero-order chi connectivity index (χ0) is 18.4. The number of benzene rings is 1. The predicted octanol–water partition coefficient (Wildman–Crippen LogP) is 2.14. The smallest absolute Gasteiger partial charge is 0.260 e. The highest BCUT2D eigenvalue weighted by atomic mass is 32.1. The Kier molecular flexibility index (Phi) is 6.06. The molecule has 7 nitrogen and oxygen atoms in total. The van der Waals surface area contributed by atoms with Crippen LogP contribution in [0.5, 0.6) is 11.5 Å². The van der Waals surface area contributed by atoms with Crippen molar-refractivity contribution >= 4 is 22.4 Å². The first-order chi connectivity index (χ1) is 12.7. The van der Waals surface area contributed by atoms with Gasteiger partial charge in [0.1, 0.15) is 11.6 Å². The third-order valence-corrected chi connectivity index (χ3v) is 4.87. The zero-order valence-corrected chi connectivity index (χ0v) is 15.6. The third-order valence-electron chi connectivity index (χ3n) is 3.98. The van der Waals surface area contributed by atoms with Crippen molar-refractivity contribution in [3.8, 4) is 11.5 Å². The Morgan fingerprint density at radius 2 is 1.88 bits per heavy atom. The van der Waals surface area contributed by atoms with Crippen molar-refractivity contribution in [2.45, 2.75) is 6.92 Å². The number of amides is 1. The van der Waals surface area contributed by atoms with Crippen LogP contribution in [0.25, 0.3) is 0 Å². The lowest BCUT2D eigenvalue weighted by Crippen LogP contribution is -2.50. The summed E-state index contributed by atoms with van der Waals surface area (Å²) in [5.41, 5.74) is 0. The number of carbonyl (C=O) groups is 1. The second-order valence-electron chi connectivity index (χ2n) is 5.81. The molecule has 1 aromatic heterocycles. The molecule has 0 bridgehead atoms. The molecular formula is C18H22N4O3S. The van der Waals surface area contributed by atoms with Gasteiger partial charge in [0.15, 0.2) is 18.1 Å². The monoisotopic (exact) mass is 374 g/mol. The molecule has 0 unspecified atom stereocenters. The standard InChI is InChI=1S/C18H22N4O3S/c1-3-12-24-15-6-4-5-7-16(15)25-13-17(23)21-8-10-22(11-9-21)18-20-19-14(2)26-18/h3-7H,1,8-13H2,2H3. The van der Waals surface area contributed by atoms with Crippen molar-refractivity contribution in [1.29, 1.82) is 0 Å². The van der Waals surface area contributed by atoms with Gasteiger partial charge in [-0.25, -0.2) is 0 Å². The average Bonchev–Trinajstić information content (AvgIpc) is 3.11. The van der Waals surface area contributed by atoms with Gasteiger partial charge in [-0.15, -0.1) is 10.2 Å². The van der Waals surface area contributed by atoms with Crippen LogP contribution in [0.4, 0.5) is 5.13 Å². The Morgan fingerprint density at radius 3 is 2.50 bits per heavy atom. The normalized spacial score (nSPS) is 14.2. The number of rotatable bonds is 7. The molecule has 0 aliphatic carbocycles. The van der Waals surface area contributed by atoms with Crippen LogP contribution in [0.2, 0.25) is 0 Å². The Bertz CT molecular complexity index is 756. The van der Waals surface area contributed by atoms with Crippen LogP contribution in [0, 0.1) is 6.92 Å². The van der Waals surface area contributed by atoms with Crippen molar-refractivity contribution in [3.05, 3.63) is 41.9 Å². The first-order valence-electron chi connectivity index (χ1n) is 8.45. The number of anilines is 1. The van der Waals surface area contributed by atoms with Crippen molar-refractivity contribution in [2.75, 3.05) is 44.3 Å². The van der Waals surface area contributed by atoms with E-state index in [9.17, 15) is 4.79 Å². The Balaban J connectivity index is 1.50. The van der Waals surface area contributed by atoms with Crippen LogP contribution in [-0.4, -0.2) is 60.4 Å². The molecule has 1 fully saturated rings. The molecule has 1 aliphatic rings. The first kappa shape index (κ1) is 18.2. The van der Waals surface area contributed by atoms with Crippen LogP contribution < -0.4 is 14.4 Å². The highest BCUT2D eigenvalue weighted by Gasteiger charge is 2.23. The number of aryl methyl sites for hydroxylation is 1. The summed E-state index contributed by atoms with van der Waals surface area (Å²) in [7, 11) is 0. The summed E-state index contributed by atoms with van der Waals surface area (Å²) in [6, 6.07) is 7.32. The number of hydrogen-bond donors (Lipinski definition) is 0. The van der Waals surface area contributed by atoms with Crippen LogP contribution in [-0.2, 0) is 4.79 Å². The molecular weight excluding hydrogens is 352 g/mol. The van der Waals surface area contributed by atoms with Gasteiger partial charge in [0.2, 0.25) is 5.13 Å². The summed E-state index contributed by atoms with van der Waals surface area (Å²) in [6.45, 7) is 8.75. The molecule has 1 amide bonds. The molecule has 26 heavy (non-hydrogen) atoms. The van der Waals surface area contributed by atoms with Crippen molar-refractivity contribution in [3.63, 3.8) is 0 Å². The molecule has 0 saturated carbocycles. The SMILES string of the molecule is C=CCOc1ccccc1OCC(=O)N1CCN(c2nnc(C)s2)CC1. The highest BCUT2D eigenvalue weighted by molar-refractivity contribution is 7.15. The lowest BCUT2D eigenvalue weighted by molar-refractivity contribution is -0.133. The Hall–Kier alpha value is -2.61. The van der Waals surface area contributed by atoms with E-state index in [1.165, 1.54) is 0 Å². The predicted molar refractivity (Wildman–Crippen MR) is 101 cm³/mol. The van der Waals surface area contributed by atoms with Gasteiger partial charge in [-0.1, -0.05) is 36.1 Å². The fourth-order valence-electron chi connectivity index (χ4n) is 2.63. The first-order valence-corrected chi connectivity index (χ1v) is 9.27. The van der Waals surface area contributed by atoms with Crippen molar-refractivity contribution in [2.24, 2.45) is 0 Å². The van der Waals surface area contributed by atoms with E-state index < -0.39 is 0 Å². The lowest BCUT2D eigenvalue weighted by Gasteiger charge is -2.34. The van der Waals surface area contributed by atoms with Crippen LogP contribution >= 0.6 is 11.3 Å². The van der Waals surface area contributed by atoms with E-state index in [0.29, 0.717) is 31.2 Å². The quantitative estimate of drug-likeness (QED) is 0.692. The largest absolute Gasteiger partial charge is 0.486 e. The number of ether oxygens (including phenoxy) is 2. The molecule has 8 heteroatoms. The maximum absolute atomic E-state index is 12.4. The van der Waals surface area contributed by atoms with Crippen LogP contribution in [0.3, 0.4) is 0 Å². The summed E-state index contributed by atoms with van der Waals surface area (Å²) in [5.74, 6) is 1.14. The van der Waals surface area contributed by atoms with Gasteiger partial charge in [-0.2, -0.15) is 0 Å². The average molecular weight is 374 g/mol. The molecule has 0 atom stereocenters. The van der Waals surface area contributed by atoms with Gasteiger partial charge < -0.3 is 19.3 Å². The minimum absolute atomic E-state index is 0.00756. The molecule has 0 N–H and O–H groups in total. The third kappa shape index (κ3) is 4.51. The number of nitrogens with zero attached hydrogens (tertiary/aromatic N) is 4. The van der Waals surface area contributed by atoms with E-state index in [1.54, 1.807) is 23.5 Å². The summed E-state index contributed by atoms with van der Waals surface area (Å²) >= 11 is 1.57. The summed E-state index contributed by atoms with van der Waals surface area (Å²) < 4.78 is 11.2. The second-order valence-corrected chi connectivity index (χ2v) is 6.97. The van der Waals surface area contributed by atoms with Gasteiger partial charge in [0.25, 0.3) is 5.91 Å². The van der Waals surface area contributed by atoms with E-state index >= 15 is 0 Å². The van der Waals surface area contributed by atoms with E-state index in [2.05, 4.69) is 21.7 Å². The molecule has 2 aromatic rings. The molecule has 1 saturated heterocycles. The van der Waals surface area contributed by atoms with Gasteiger partial charge >= 0.3 is 0 Å². The highest BCUT2D eigenvalue weighted by Crippen LogP contribution is 2.26.